The number of allylic oxidation sites excluding steroid dienone is 1. The third-order valence-electron chi connectivity index (χ3n) is 6.22. The second kappa shape index (κ2) is 11.1. The molecule has 184 valence electrons. The SMILES string of the molecule is C=CCn1c(SCC(=O)NCC2CCCO2)nnc1-c1cc(-c2ccc(C)cc2)nc2ccccc12. The van der Waals surface area contributed by atoms with Gasteiger partial charge in [0, 0.05) is 36.2 Å². The van der Waals surface area contributed by atoms with Crippen molar-refractivity contribution in [2.24, 2.45) is 0 Å². The Morgan fingerprint density at radius 1 is 1.22 bits per heavy atom. The summed E-state index contributed by atoms with van der Waals surface area (Å²) in [6.45, 7) is 7.85. The largest absolute Gasteiger partial charge is 0.376 e. The summed E-state index contributed by atoms with van der Waals surface area (Å²) in [5, 5.41) is 13.6. The lowest BCUT2D eigenvalue weighted by Crippen LogP contribution is -2.32. The van der Waals surface area contributed by atoms with Gasteiger partial charge in [0.1, 0.15) is 0 Å². The maximum absolute atomic E-state index is 12.4. The van der Waals surface area contributed by atoms with Crippen LogP contribution >= 0.6 is 11.8 Å². The lowest BCUT2D eigenvalue weighted by atomic mass is 10.0. The van der Waals surface area contributed by atoms with Gasteiger partial charge in [-0.15, -0.1) is 16.8 Å². The molecule has 7 nitrogen and oxygen atoms in total. The van der Waals surface area contributed by atoms with Gasteiger partial charge in [-0.25, -0.2) is 4.98 Å². The summed E-state index contributed by atoms with van der Waals surface area (Å²) in [7, 11) is 0. The van der Waals surface area contributed by atoms with Gasteiger partial charge in [-0.3, -0.25) is 9.36 Å². The van der Waals surface area contributed by atoms with Gasteiger partial charge in [0.25, 0.3) is 0 Å². The van der Waals surface area contributed by atoms with Crippen molar-refractivity contribution in [1.82, 2.24) is 25.1 Å². The van der Waals surface area contributed by atoms with E-state index in [-0.39, 0.29) is 17.8 Å². The number of nitrogens with zero attached hydrogens (tertiary/aromatic N) is 4. The van der Waals surface area contributed by atoms with Gasteiger partial charge in [0.05, 0.1) is 23.1 Å². The molecule has 0 saturated carbocycles. The first kappa shape index (κ1) is 24.2. The fourth-order valence-corrected chi connectivity index (χ4v) is 5.11. The second-order valence-corrected chi connectivity index (χ2v) is 9.81. The number of thioether (sulfide) groups is 1. The Morgan fingerprint density at radius 2 is 2.06 bits per heavy atom. The van der Waals surface area contributed by atoms with Crippen molar-refractivity contribution in [2.75, 3.05) is 18.9 Å². The highest BCUT2D eigenvalue weighted by Crippen LogP contribution is 2.33. The Balaban J connectivity index is 1.45. The molecular formula is C28H29N5O2S. The van der Waals surface area contributed by atoms with E-state index in [1.807, 2.05) is 28.8 Å². The molecule has 1 atom stereocenters. The quantitative estimate of drug-likeness (QED) is 0.257. The first-order chi connectivity index (χ1) is 17.6. The molecule has 0 aliphatic carbocycles. The van der Waals surface area contributed by atoms with Crippen molar-refractivity contribution in [1.29, 1.82) is 0 Å². The molecule has 5 rings (SSSR count). The van der Waals surface area contributed by atoms with E-state index in [2.05, 4.69) is 65.4 Å². The van der Waals surface area contributed by atoms with Gasteiger partial charge in [-0.1, -0.05) is 65.9 Å². The molecule has 1 amide bonds. The molecule has 8 heteroatoms. The predicted octanol–water partition coefficient (Wildman–Crippen LogP) is 5.04. The summed E-state index contributed by atoms with van der Waals surface area (Å²) in [6.07, 6.45) is 3.99. The van der Waals surface area contributed by atoms with E-state index in [1.54, 1.807) is 0 Å². The molecule has 1 fully saturated rings. The smallest absolute Gasteiger partial charge is 0.230 e. The Labute approximate surface area is 215 Å². The molecule has 0 bridgehead atoms. The summed E-state index contributed by atoms with van der Waals surface area (Å²) in [5.41, 5.74) is 4.95. The first-order valence-corrected chi connectivity index (χ1v) is 13.1. The van der Waals surface area contributed by atoms with Crippen molar-refractivity contribution in [3.63, 3.8) is 0 Å². The van der Waals surface area contributed by atoms with E-state index in [4.69, 9.17) is 9.72 Å². The molecule has 2 aromatic carbocycles. The van der Waals surface area contributed by atoms with Gasteiger partial charge < -0.3 is 10.1 Å². The minimum Gasteiger partial charge on any atom is -0.376 e. The van der Waals surface area contributed by atoms with Gasteiger partial charge in [0.2, 0.25) is 5.91 Å². The maximum Gasteiger partial charge on any atom is 0.230 e. The Bertz CT molecular complexity index is 1380. The van der Waals surface area contributed by atoms with Crippen LogP contribution in [-0.4, -0.2) is 50.7 Å². The molecular weight excluding hydrogens is 470 g/mol. The highest BCUT2D eigenvalue weighted by Gasteiger charge is 2.20. The number of ether oxygens (including phenoxy) is 1. The van der Waals surface area contributed by atoms with Crippen LogP contribution in [0, 0.1) is 6.92 Å². The van der Waals surface area contributed by atoms with Crippen LogP contribution in [0.15, 0.2) is 72.4 Å². The van der Waals surface area contributed by atoms with Gasteiger partial charge in [-0.2, -0.15) is 0 Å². The number of fused-ring (bicyclic) bond motifs is 1. The molecule has 1 aliphatic rings. The van der Waals surface area contributed by atoms with Crippen molar-refractivity contribution in [3.05, 3.63) is 72.8 Å². The molecule has 3 heterocycles. The maximum atomic E-state index is 12.4. The van der Waals surface area contributed by atoms with Crippen LogP contribution in [-0.2, 0) is 16.1 Å². The van der Waals surface area contributed by atoms with E-state index in [0.29, 0.717) is 18.2 Å². The Morgan fingerprint density at radius 3 is 2.83 bits per heavy atom. The zero-order valence-corrected chi connectivity index (χ0v) is 21.1. The lowest BCUT2D eigenvalue weighted by Gasteiger charge is -2.12. The standard InChI is InChI=1S/C28H29N5O2S/c1-3-14-33-27(31-32-28(33)36-18-26(34)29-17-21-7-6-15-35-21)23-16-25(20-12-10-19(2)11-13-20)30-24-9-5-4-8-22(23)24/h3-5,8-13,16,21H,1,6-7,14-15,17-18H2,2H3,(H,29,34). The average Bonchev–Trinajstić information content (AvgIpc) is 3.56. The van der Waals surface area contributed by atoms with Crippen LogP contribution in [0.3, 0.4) is 0 Å². The minimum absolute atomic E-state index is 0.0405. The normalized spacial score (nSPS) is 15.3. The number of hydrogen-bond donors (Lipinski definition) is 1. The highest BCUT2D eigenvalue weighted by atomic mass is 32.2. The molecule has 2 aromatic heterocycles. The van der Waals surface area contributed by atoms with E-state index in [9.17, 15) is 4.79 Å². The second-order valence-electron chi connectivity index (χ2n) is 8.87. The Hall–Kier alpha value is -3.49. The number of nitrogens with one attached hydrogen (secondary N) is 1. The summed E-state index contributed by atoms with van der Waals surface area (Å²) in [5.74, 6) is 0.943. The van der Waals surface area contributed by atoms with Crippen LogP contribution < -0.4 is 5.32 Å². The van der Waals surface area contributed by atoms with Gasteiger partial charge in [0.15, 0.2) is 11.0 Å². The number of carbonyl (C=O) groups is 1. The molecule has 1 unspecified atom stereocenters. The van der Waals surface area contributed by atoms with Crippen LogP contribution in [0.25, 0.3) is 33.5 Å². The molecule has 1 aliphatic heterocycles. The zero-order chi connectivity index (χ0) is 24.9. The number of aryl methyl sites for hydroxylation is 1. The van der Waals surface area contributed by atoms with Crippen LogP contribution in [0.5, 0.6) is 0 Å². The number of para-hydroxylation sites is 1. The van der Waals surface area contributed by atoms with Crippen molar-refractivity contribution < 1.29 is 9.53 Å². The molecule has 4 aromatic rings. The predicted molar refractivity (Wildman–Crippen MR) is 144 cm³/mol. The summed E-state index contributed by atoms with van der Waals surface area (Å²) >= 11 is 1.37. The van der Waals surface area contributed by atoms with Crippen molar-refractivity contribution >= 4 is 28.6 Å². The number of aromatic nitrogens is 4. The van der Waals surface area contributed by atoms with Gasteiger partial charge in [-0.05, 0) is 31.9 Å². The van der Waals surface area contributed by atoms with Crippen LogP contribution in [0.4, 0.5) is 0 Å². The Kier molecular flexibility index (Phi) is 7.44. The molecule has 0 spiro atoms. The van der Waals surface area contributed by atoms with Crippen LogP contribution in [0.2, 0.25) is 0 Å². The van der Waals surface area contributed by atoms with Gasteiger partial charge >= 0.3 is 0 Å². The number of pyridine rings is 1. The topological polar surface area (TPSA) is 81.9 Å². The number of rotatable bonds is 9. The summed E-state index contributed by atoms with van der Waals surface area (Å²) in [6, 6.07) is 18.5. The third kappa shape index (κ3) is 5.34. The van der Waals surface area contributed by atoms with E-state index < -0.39 is 0 Å². The number of benzene rings is 2. The highest BCUT2D eigenvalue weighted by molar-refractivity contribution is 7.99. The monoisotopic (exact) mass is 499 g/mol. The molecule has 36 heavy (non-hydrogen) atoms. The molecule has 0 radical (unpaired) electrons. The van der Waals surface area contributed by atoms with E-state index in [1.165, 1.54) is 17.3 Å². The average molecular weight is 500 g/mol. The van der Waals surface area contributed by atoms with E-state index >= 15 is 0 Å². The minimum atomic E-state index is -0.0405. The van der Waals surface area contributed by atoms with Crippen molar-refractivity contribution in [2.45, 2.75) is 37.6 Å². The van der Waals surface area contributed by atoms with E-state index in [0.717, 1.165) is 53.0 Å². The fourth-order valence-electron chi connectivity index (χ4n) is 4.34. The summed E-state index contributed by atoms with van der Waals surface area (Å²) < 4.78 is 7.59. The van der Waals surface area contributed by atoms with Crippen molar-refractivity contribution in [3.8, 4) is 22.6 Å². The number of hydrogen-bond acceptors (Lipinski definition) is 6. The van der Waals surface area contributed by atoms with Crippen LogP contribution in [0.1, 0.15) is 18.4 Å². The fraction of sp³-hybridized carbons (Fsp3) is 0.286. The third-order valence-corrected chi connectivity index (χ3v) is 7.18. The molecule has 1 N–H and O–H groups in total. The zero-order valence-electron chi connectivity index (χ0n) is 20.3. The first-order valence-electron chi connectivity index (χ1n) is 12.1. The summed E-state index contributed by atoms with van der Waals surface area (Å²) in [4.78, 5) is 17.4. The molecule has 1 saturated heterocycles. The lowest BCUT2D eigenvalue weighted by molar-refractivity contribution is -0.119. The number of carbonyl (C=O) groups excluding carboxylic acids is 1. The number of amides is 1.